The smallest absolute Gasteiger partial charge is 0.354 e. The van der Waals surface area contributed by atoms with Crippen molar-refractivity contribution in [2.24, 2.45) is 0 Å². The Morgan fingerprint density at radius 2 is 1.73 bits per heavy atom. The Kier molecular flexibility index (Phi) is 10.8. The largest absolute Gasteiger partial charge is 0.416 e. The number of anilines is 1. The van der Waals surface area contributed by atoms with Gasteiger partial charge in [0.15, 0.2) is 0 Å². The third-order valence-electron chi connectivity index (χ3n) is 5.62. The molecule has 0 aromatic heterocycles. The van der Waals surface area contributed by atoms with Crippen LogP contribution in [0.25, 0.3) is 0 Å². The molecule has 0 spiro atoms. The van der Waals surface area contributed by atoms with Gasteiger partial charge in [-0.3, -0.25) is 13.9 Å². The molecule has 2 rings (SSSR count). The van der Waals surface area contributed by atoms with Crippen LogP contribution < -0.4 is 9.62 Å². The molecular weight excluding hydrogens is 531 g/mol. The lowest BCUT2D eigenvalue weighted by Crippen LogP contribution is -2.52. The molecule has 1 N–H and O–H groups in total. The van der Waals surface area contributed by atoms with E-state index in [0.29, 0.717) is 27.5 Å². The van der Waals surface area contributed by atoms with E-state index in [1.54, 1.807) is 31.2 Å². The van der Waals surface area contributed by atoms with Crippen LogP contribution in [-0.2, 0) is 32.3 Å². The van der Waals surface area contributed by atoms with E-state index < -0.39 is 46.2 Å². The van der Waals surface area contributed by atoms with E-state index in [9.17, 15) is 31.2 Å². The van der Waals surface area contributed by atoms with Crippen LogP contribution in [0.3, 0.4) is 0 Å². The summed E-state index contributed by atoms with van der Waals surface area (Å²) in [6.07, 6.45) is -2.07. The van der Waals surface area contributed by atoms with Gasteiger partial charge in [0, 0.05) is 18.1 Å². The van der Waals surface area contributed by atoms with Crippen molar-refractivity contribution in [3.63, 3.8) is 0 Å². The minimum Gasteiger partial charge on any atom is -0.354 e. The minimum absolute atomic E-state index is 0.0318. The lowest BCUT2D eigenvalue weighted by atomic mass is 10.1. The molecule has 0 radical (unpaired) electrons. The van der Waals surface area contributed by atoms with E-state index in [1.807, 2.05) is 6.92 Å². The van der Waals surface area contributed by atoms with Crippen molar-refractivity contribution in [3.8, 4) is 0 Å². The Labute approximate surface area is 220 Å². The lowest BCUT2D eigenvalue weighted by Gasteiger charge is -2.33. The first-order valence-electron chi connectivity index (χ1n) is 11.7. The monoisotopic (exact) mass is 561 g/mol. The molecule has 12 heteroatoms. The van der Waals surface area contributed by atoms with E-state index in [4.69, 9.17) is 11.6 Å². The Morgan fingerprint density at radius 1 is 1.08 bits per heavy atom. The second-order valence-corrected chi connectivity index (χ2v) is 10.9. The number of carbonyl (C=O) groups is 2. The van der Waals surface area contributed by atoms with Gasteiger partial charge in [0.05, 0.1) is 17.5 Å². The standard InChI is InChI=1S/C25H31ClF3N3O4S/c1-4-6-14-30-24(34)22(5-2)31(16-18-10-12-20(26)13-11-18)23(33)17-32(37(3,35)36)21-9-7-8-19(15-21)25(27,28)29/h7-13,15,22H,4-6,14,16-17H2,1-3H3,(H,30,34)/t22-/m1/s1. The molecule has 0 fully saturated rings. The summed E-state index contributed by atoms with van der Waals surface area (Å²) in [5.74, 6) is -1.14. The molecule has 1 atom stereocenters. The third kappa shape index (κ3) is 8.92. The van der Waals surface area contributed by atoms with E-state index in [0.717, 1.165) is 31.2 Å². The van der Waals surface area contributed by atoms with Gasteiger partial charge in [-0.2, -0.15) is 13.2 Å². The number of benzene rings is 2. The molecular formula is C25H31ClF3N3O4S. The minimum atomic E-state index is -4.70. The zero-order chi connectivity index (χ0) is 27.8. The summed E-state index contributed by atoms with van der Waals surface area (Å²) in [5.41, 5.74) is -0.717. The molecule has 2 aromatic carbocycles. The summed E-state index contributed by atoms with van der Waals surface area (Å²) in [4.78, 5) is 27.8. The Balaban J connectivity index is 2.45. The number of alkyl halides is 3. The van der Waals surface area contributed by atoms with Gasteiger partial charge in [-0.1, -0.05) is 50.1 Å². The Morgan fingerprint density at radius 3 is 2.27 bits per heavy atom. The Hall–Kier alpha value is -2.79. The van der Waals surface area contributed by atoms with Crippen molar-refractivity contribution in [3.05, 3.63) is 64.7 Å². The number of unbranched alkanes of at least 4 members (excludes halogenated alkanes) is 1. The molecule has 2 amide bonds. The van der Waals surface area contributed by atoms with Crippen LogP contribution in [0.1, 0.15) is 44.2 Å². The van der Waals surface area contributed by atoms with Crippen LogP contribution in [-0.4, -0.2) is 50.5 Å². The van der Waals surface area contributed by atoms with Crippen molar-refractivity contribution in [2.45, 2.75) is 51.9 Å². The highest BCUT2D eigenvalue weighted by Gasteiger charge is 2.34. The summed E-state index contributed by atoms with van der Waals surface area (Å²) in [5, 5.41) is 3.26. The molecule has 0 aliphatic heterocycles. The van der Waals surface area contributed by atoms with Crippen LogP contribution in [0.15, 0.2) is 48.5 Å². The van der Waals surface area contributed by atoms with E-state index in [1.165, 1.54) is 11.0 Å². The van der Waals surface area contributed by atoms with Crippen LogP contribution in [0.4, 0.5) is 18.9 Å². The maximum absolute atomic E-state index is 13.6. The number of sulfonamides is 1. The first-order valence-corrected chi connectivity index (χ1v) is 14.0. The quantitative estimate of drug-likeness (QED) is 0.375. The number of nitrogens with one attached hydrogen (secondary N) is 1. The van der Waals surface area contributed by atoms with Crippen molar-refractivity contribution in [2.75, 3.05) is 23.7 Å². The van der Waals surface area contributed by atoms with Crippen molar-refractivity contribution in [1.82, 2.24) is 10.2 Å². The molecule has 0 saturated heterocycles. The van der Waals surface area contributed by atoms with Crippen molar-refractivity contribution >= 4 is 39.1 Å². The van der Waals surface area contributed by atoms with Crippen LogP contribution in [0, 0.1) is 0 Å². The number of hydrogen-bond donors (Lipinski definition) is 1. The lowest BCUT2D eigenvalue weighted by molar-refractivity contribution is -0.140. The number of halogens is 4. The van der Waals surface area contributed by atoms with Gasteiger partial charge >= 0.3 is 6.18 Å². The van der Waals surface area contributed by atoms with Crippen molar-refractivity contribution < 1.29 is 31.2 Å². The second-order valence-electron chi connectivity index (χ2n) is 8.53. The van der Waals surface area contributed by atoms with Gasteiger partial charge in [0.1, 0.15) is 12.6 Å². The summed E-state index contributed by atoms with van der Waals surface area (Å²) in [6.45, 7) is 3.28. The molecule has 0 heterocycles. The maximum atomic E-state index is 13.6. The highest BCUT2D eigenvalue weighted by molar-refractivity contribution is 7.92. The molecule has 0 bridgehead atoms. The average molecular weight is 562 g/mol. The fraction of sp³-hybridized carbons (Fsp3) is 0.440. The fourth-order valence-corrected chi connectivity index (χ4v) is 4.63. The van der Waals surface area contributed by atoms with Crippen LogP contribution in [0.5, 0.6) is 0 Å². The SMILES string of the molecule is CCCCNC(=O)[C@@H](CC)N(Cc1ccc(Cl)cc1)C(=O)CN(c1cccc(C(F)(F)F)c1)S(C)(=O)=O. The summed E-state index contributed by atoms with van der Waals surface area (Å²) >= 11 is 5.96. The van der Waals surface area contributed by atoms with E-state index in [-0.39, 0.29) is 18.7 Å². The van der Waals surface area contributed by atoms with Gasteiger partial charge in [0.2, 0.25) is 21.8 Å². The van der Waals surface area contributed by atoms with Gasteiger partial charge < -0.3 is 10.2 Å². The highest BCUT2D eigenvalue weighted by atomic mass is 35.5. The maximum Gasteiger partial charge on any atom is 0.416 e. The summed E-state index contributed by atoms with van der Waals surface area (Å²) < 4.78 is 65.5. The van der Waals surface area contributed by atoms with Gasteiger partial charge in [-0.25, -0.2) is 8.42 Å². The number of rotatable bonds is 12. The highest BCUT2D eigenvalue weighted by Crippen LogP contribution is 2.32. The first kappa shape index (κ1) is 30.4. The molecule has 0 saturated carbocycles. The molecule has 0 unspecified atom stereocenters. The molecule has 0 aliphatic carbocycles. The van der Waals surface area contributed by atoms with Crippen LogP contribution in [0.2, 0.25) is 5.02 Å². The molecule has 204 valence electrons. The van der Waals surface area contributed by atoms with Gasteiger partial charge in [-0.05, 0) is 48.7 Å². The molecule has 0 aliphatic rings. The number of carbonyl (C=O) groups excluding carboxylic acids is 2. The molecule has 37 heavy (non-hydrogen) atoms. The number of hydrogen-bond acceptors (Lipinski definition) is 4. The topological polar surface area (TPSA) is 86.8 Å². The Bertz CT molecular complexity index is 1170. The average Bonchev–Trinajstić information content (AvgIpc) is 2.82. The number of amides is 2. The van der Waals surface area contributed by atoms with Crippen molar-refractivity contribution in [1.29, 1.82) is 0 Å². The molecule has 2 aromatic rings. The normalized spacial score (nSPS) is 12.6. The molecule has 7 nitrogen and oxygen atoms in total. The third-order valence-corrected chi connectivity index (χ3v) is 7.01. The predicted molar refractivity (Wildman–Crippen MR) is 138 cm³/mol. The predicted octanol–water partition coefficient (Wildman–Crippen LogP) is 4.85. The number of nitrogens with zero attached hydrogens (tertiary/aromatic N) is 2. The summed E-state index contributed by atoms with van der Waals surface area (Å²) in [6, 6.07) is 9.39. The second kappa shape index (κ2) is 13.1. The van der Waals surface area contributed by atoms with Gasteiger partial charge in [-0.15, -0.1) is 0 Å². The fourth-order valence-electron chi connectivity index (χ4n) is 3.66. The van der Waals surface area contributed by atoms with Gasteiger partial charge in [0.25, 0.3) is 0 Å². The van der Waals surface area contributed by atoms with E-state index >= 15 is 0 Å². The zero-order valence-corrected chi connectivity index (χ0v) is 22.5. The summed E-state index contributed by atoms with van der Waals surface area (Å²) in [7, 11) is -4.16. The van der Waals surface area contributed by atoms with E-state index in [2.05, 4.69) is 5.32 Å². The van der Waals surface area contributed by atoms with Crippen LogP contribution >= 0.6 is 11.6 Å². The first-order chi connectivity index (χ1) is 17.3. The zero-order valence-electron chi connectivity index (χ0n) is 20.9.